The summed E-state index contributed by atoms with van der Waals surface area (Å²) in [6.45, 7) is 8.06. The summed E-state index contributed by atoms with van der Waals surface area (Å²) in [6, 6.07) is 0.255. The first-order chi connectivity index (χ1) is 14.6. The van der Waals surface area contributed by atoms with Crippen LogP contribution in [0.5, 0.6) is 5.88 Å². The summed E-state index contributed by atoms with van der Waals surface area (Å²) in [6.07, 6.45) is 11.3. The van der Waals surface area contributed by atoms with Gasteiger partial charge in [0.15, 0.2) is 0 Å². The van der Waals surface area contributed by atoms with E-state index in [1.807, 2.05) is 0 Å². The average molecular weight is 429 g/mol. The van der Waals surface area contributed by atoms with E-state index in [0.717, 1.165) is 11.8 Å². The number of hydrogen-bond donors (Lipinski definition) is 2. The fourth-order valence-electron chi connectivity index (χ4n) is 5.73. The van der Waals surface area contributed by atoms with Crippen molar-refractivity contribution in [3.05, 3.63) is 17.8 Å². The van der Waals surface area contributed by atoms with E-state index in [2.05, 4.69) is 24.3 Å². The quantitative estimate of drug-likeness (QED) is 0.662. The van der Waals surface area contributed by atoms with Gasteiger partial charge in [-0.1, -0.05) is 19.9 Å². The lowest BCUT2D eigenvalue weighted by Gasteiger charge is -2.54. The molecule has 4 bridgehead atoms. The Bertz CT molecular complexity index is 842. The minimum atomic E-state index is -0.829. The predicted octanol–water partition coefficient (Wildman–Crippen LogP) is 3.45. The molecule has 0 atom stereocenters. The first-order valence-corrected chi connectivity index (χ1v) is 11.6. The Morgan fingerprint density at radius 2 is 1.84 bits per heavy atom. The van der Waals surface area contributed by atoms with Crippen LogP contribution in [0.3, 0.4) is 0 Å². The van der Waals surface area contributed by atoms with Crippen LogP contribution >= 0.6 is 0 Å². The molecule has 7 nitrogen and oxygen atoms in total. The fourth-order valence-corrected chi connectivity index (χ4v) is 5.73. The van der Waals surface area contributed by atoms with Crippen molar-refractivity contribution in [2.24, 2.45) is 40.7 Å². The topological polar surface area (TPSA) is 99.2 Å². The molecule has 0 spiro atoms. The number of amides is 2. The number of rotatable bonds is 8. The Hall–Kier alpha value is -2.31. The number of ether oxygens (including phenoxy) is 1. The number of hydrogen-bond acceptors (Lipinski definition) is 4. The Morgan fingerprint density at radius 1 is 1.23 bits per heavy atom. The van der Waals surface area contributed by atoms with Crippen LogP contribution in [0.15, 0.2) is 12.3 Å². The number of aromatic nitrogens is 2. The molecule has 0 aliphatic heterocycles. The SMILES string of the molecule is CC(C)COc1c(C(=O)NC2C3CC4CC(C3)CC2C4)cnn1/C=C/C(C)(C)C(N)=O. The maximum Gasteiger partial charge on any atom is 0.258 e. The van der Waals surface area contributed by atoms with Crippen LogP contribution in [0, 0.1) is 35.0 Å². The lowest BCUT2D eigenvalue weighted by molar-refractivity contribution is -0.123. The third kappa shape index (κ3) is 4.51. The van der Waals surface area contributed by atoms with Crippen molar-refractivity contribution >= 4 is 18.0 Å². The Balaban J connectivity index is 1.54. The standard InChI is InChI=1S/C24H36N4O3/c1-14(2)13-31-22-19(12-26-28(22)6-5-24(3,4)23(25)30)21(29)27-20-17-8-15-7-16(10-17)11-18(20)9-15/h5-6,12,14-18,20H,7-11,13H2,1-4H3,(H2,25,30)(H,27,29)/b6-5+. The van der Waals surface area contributed by atoms with Gasteiger partial charge in [0.25, 0.3) is 5.91 Å². The second kappa shape index (κ2) is 8.32. The summed E-state index contributed by atoms with van der Waals surface area (Å²) in [5.74, 6) is 3.09. The van der Waals surface area contributed by atoms with Gasteiger partial charge >= 0.3 is 0 Å². The first kappa shape index (κ1) is 21.9. The van der Waals surface area contributed by atoms with E-state index in [9.17, 15) is 9.59 Å². The first-order valence-electron chi connectivity index (χ1n) is 11.6. The van der Waals surface area contributed by atoms with Crippen molar-refractivity contribution in [1.82, 2.24) is 15.1 Å². The van der Waals surface area contributed by atoms with Gasteiger partial charge < -0.3 is 15.8 Å². The second-order valence-corrected chi connectivity index (χ2v) is 10.8. The van der Waals surface area contributed by atoms with Crippen molar-refractivity contribution in [2.75, 3.05) is 6.61 Å². The molecule has 4 aliphatic carbocycles. The van der Waals surface area contributed by atoms with Crippen LogP contribution in [-0.4, -0.2) is 34.2 Å². The molecule has 7 heteroatoms. The summed E-state index contributed by atoms with van der Waals surface area (Å²) < 4.78 is 7.52. The third-order valence-corrected chi connectivity index (χ3v) is 7.34. The number of carbonyl (C=O) groups excluding carboxylic acids is 2. The molecule has 3 N–H and O–H groups in total. The molecule has 0 unspecified atom stereocenters. The summed E-state index contributed by atoms with van der Waals surface area (Å²) in [5.41, 5.74) is 5.08. The maximum atomic E-state index is 13.3. The van der Waals surface area contributed by atoms with E-state index in [0.29, 0.717) is 35.8 Å². The van der Waals surface area contributed by atoms with Crippen molar-refractivity contribution in [3.63, 3.8) is 0 Å². The minimum absolute atomic E-state index is 0.120. The third-order valence-electron chi connectivity index (χ3n) is 7.34. The lowest BCUT2D eigenvalue weighted by atomic mass is 9.54. The summed E-state index contributed by atoms with van der Waals surface area (Å²) >= 11 is 0. The van der Waals surface area contributed by atoms with Gasteiger partial charge in [0.05, 0.1) is 18.2 Å². The molecule has 4 saturated carbocycles. The van der Waals surface area contributed by atoms with Crippen molar-refractivity contribution in [3.8, 4) is 5.88 Å². The zero-order valence-corrected chi connectivity index (χ0v) is 19.1. The van der Waals surface area contributed by atoms with E-state index in [4.69, 9.17) is 10.5 Å². The van der Waals surface area contributed by atoms with Crippen LogP contribution < -0.4 is 15.8 Å². The molecule has 1 heterocycles. The van der Waals surface area contributed by atoms with E-state index >= 15 is 0 Å². The van der Waals surface area contributed by atoms with Crippen molar-refractivity contribution in [2.45, 2.75) is 65.8 Å². The fraction of sp³-hybridized carbons (Fsp3) is 0.708. The zero-order chi connectivity index (χ0) is 22.3. The number of primary amides is 1. The second-order valence-electron chi connectivity index (χ2n) is 10.8. The minimum Gasteiger partial charge on any atom is -0.477 e. The van der Waals surface area contributed by atoms with E-state index < -0.39 is 11.3 Å². The highest BCUT2D eigenvalue weighted by Crippen LogP contribution is 2.53. The van der Waals surface area contributed by atoms with Crippen LogP contribution in [0.2, 0.25) is 0 Å². The summed E-state index contributed by atoms with van der Waals surface area (Å²) in [7, 11) is 0. The van der Waals surface area contributed by atoms with Gasteiger partial charge in [0.2, 0.25) is 11.8 Å². The van der Waals surface area contributed by atoms with Gasteiger partial charge in [0.1, 0.15) is 5.56 Å². The molecule has 2 amide bonds. The summed E-state index contributed by atoms with van der Waals surface area (Å²) in [5, 5.41) is 7.69. The molecule has 31 heavy (non-hydrogen) atoms. The molecule has 0 radical (unpaired) electrons. The van der Waals surface area contributed by atoms with Gasteiger partial charge in [0, 0.05) is 12.2 Å². The Kier molecular flexibility index (Phi) is 5.88. The van der Waals surface area contributed by atoms with E-state index in [-0.39, 0.29) is 11.9 Å². The highest BCUT2D eigenvalue weighted by atomic mass is 16.5. The van der Waals surface area contributed by atoms with Crippen LogP contribution in [0.25, 0.3) is 6.20 Å². The van der Waals surface area contributed by atoms with Gasteiger partial charge in [-0.2, -0.15) is 5.10 Å². The molecule has 1 aromatic rings. The average Bonchev–Trinajstić information content (AvgIpc) is 3.09. The van der Waals surface area contributed by atoms with Crippen molar-refractivity contribution in [1.29, 1.82) is 0 Å². The lowest BCUT2D eigenvalue weighted by Crippen LogP contribution is -2.55. The monoisotopic (exact) mass is 428 g/mol. The molecule has 4 aliphatic rings. The molecular weight excluding hydrogens is 392 g/mol. The predicted molar refractivity (Wildman–Crippen MR) is 119 cm³/mol. The molecular formula is C24H36N4O3. The number of nitrogens with one attached hydrogen (secondary N) is 1. The number of carbonyl (C=O) groups is 2. The Morgan fingerprint density at radius 3 is 2.39 bits per heavy atom. The zero-order valence-electron chi connectivity index (χ0n) is 19.1. The Labute approximate surface area is 184 Å². The van der Waals surface area contributed by atoms with Gasteiger partial charge in [-0.05, 0) is 75.5 Å². The molecule has 1 aromatic heterocycles. The van der Waals surface area contributed by atoms with Crippen LogP contribution in [-0.2, 0) is 4.79 Å². The highest BCUT2D eigenvalue weighted by molar-refractivity contribution is 5.96. The molecule has 0 saturated heterocycles. The largest absolute Gasteiger partial charge is 0.477 e. The van der Waals surface area contributed by atoms with Crippen LogP contribution in [0.4, 0.5) is 0 Å². The van der Waals surface area contributed by atoms with Gasteiger partial charge in [-0.15, -0.1) is 0 Å². The van der Waals surface area contributed by atoms with Gasteiger partial charge in [-0.25, -0.2) is 4.68 Å². The number of nitrogens with zero attached hydrogens (tertiary/aromatic N) is 2. The molecule has 4 fully saturated rings. The number of nitrogens with two attached hydrogens (primary N) is 1. The van der Waals surface area contributed by atoms with E-state index in [1.165, 1.54) is 36.8 Å². The highest BCUT2D eigenvalue weighted by Gasteiger charge is 2.48. The maximum absolute atomic E-state index is 13.3. The normalized spacial score (nSPS) is 29.6. The smallest absolute Gasteiger partial charge is 0.258 e. The van der Waals surface area contributed by atoms with E-state index in [1.54, 1.807) is 32.3 Å². The van der Waals surface area contributed by atoms with Crippen molar-refractivity contribution < 1.29 is 14.3 Å². The van der Waals surface area contributed by atoms with Gasteiger partial charge in [-0.3, -0.25) is 9.59 Å². The molecule has 0 aromatic carbocycles. The summed E-state index contributed by atoms with van der Waals surface area (Å²) in [4.78, 5) is 24.9. The van der Waals surface area contributed by atoms with Crippen LogP contribution in [0.1, 0.15) is 70.2 Å². The molecule has 170 valence electrons. The molecule has 5 rings (SSSR count).